The number of hydrogen-bond acceptors (Lipinski definition) is 5. The van der Waals surface area contributed by atoms with E-state index in [1.807, 2.05) is 13.8 Å². The van der Waals surface area contributed by atoms with Crippen molar-refractivity contribution in [3.63, 3.8) is 0 Å². The van der Waals surface area contributed by atoms with Gasteiger partial charge in [0.15, 0.2) is 0 Å². The maximum absolute atomic E-state index is 5.74. The maximum atomic E-state index is 5.74. The largest absolute Gasteiger partial charge is 0.399 e. The molecule has 1 aliphatic rings. The van der Waals surface area contributed by atoms with Crippen LogP contribution in [0.15, 0.2) is 48.1 Å². The average Bonchev–Trinajstić information content (AvgIpc) is 2.72. The van der Waals surface area contributed by atoms with Crippen LogP contribution in [0.2, 0.25) is 0 Å². The Labute approximate surface area is 159 Å². The van der Waals surface area contributed by atoms with E-state index in [2.05, 4.69) is 51.9 Å². The van der Waals surface area contributed by atoms with Gasteiger partial charge in [0.05, 0.1) is 12.3 Å². The first kappa shape index (κ1) is 22.2. The lowest BCUT2D eigenvalue weighted by atomic mass is 10.2. The van der Waals surface area contributed by atoms with Crippen molar-refractivity contribution in [2.75, 3.05) is 57.9 Å². The predicted octanol–water partition coefficient (Wildman–Crippen LogP) is 3.82. The Morgan fingerprint density at radius 1 is 1.12 bits per heavy atom. The minimum Gasteiger partial charge on any atom is -0.399 e. The fourth-order valence-electron chi connectivity index (χ4n) is 2.82. The fraction of sp³-hybridized carbons (Fsp3) is 0.571. The molecule has 0 bridgehead atoms. The second kappa shape index (κ2) is 14.3. The van der Waals surface area contributed by atoms with Gasteiger partial charge in [-0.25, -0.2) is 0 Å². The maximum Gasteiger partial charge on any atom is 0.106 e. The molecule has 146 valence electrons. The average molecular weight is 362 g/mol. The van der Waals surface area contributed by atoms with Crippen molar-refractivity contribution in [3.05, 3.63) is 43.0 Å². The number of anilines is 1. The Balaban J connectivity index is 0.00000163. The molecule has 0 saturated carbocycles. The third kappa shape index (κ3) is 8.50. The predicted molar refractivity (Wildman–Crippen MR) is 111 cm³/mol. The highest BCUT2D eigenvalue weighted by Gasteiger charge is 2.16. The van der Waals surface area contributed by atoms with Crippen molar-refractivity contribution < 1.29 is 9.57 Å². The Bertz CT molecular complexity index is 497. The van der Waals surface area contributed by atoms with E-state index in [1.54, 1.807) is 13.2 Å². The molecule has 0 aliphatic carbocycles. The smallest absolute Gasteiger partial charge is 0.106 e. The van der Waals surface area contributed by atoms with Gasteiger partial charge in [-0.05, 0) is 31.1 Å². The van der Waals surface area contributed by atoms with Gasteiger partial charge in [-0.3, -0.25) is 4.90 Å². The monoisotopic (exact) mass is 361 g/mol. The number of hydrogen-bond donors (Lipinski definition) is 0. The van der Waals surface area contributed by atoms with E-state index >= 15 is 0 Å². The summed E-state index contributed by atoms with van der Waals surface area (Å²) in [6.45, 7) is 14.6. The number of ether oxygens (including phenoxy) is 1. The molecule has 1 saturated heterocycles. The second-order valence-corrected chi connectivity index (χ2v) is 5.85. The molecule has 1 fully saturated rings. The van der Waals surface area contributed by atoms with Crippen LogP contribution < -0.4 is 4.90 Å². The molecule has 0 amide bonds. The first-order valence-electron chi connectivity index (χ1n) is 9.66. The molecule has 1 heterocycles. The van der Waals surface area contributed by atoms with Crippen LogP contribution in [-0.2, 0) is 9.57 Å². The Hall–Kier alpha value is -1.85. The summed E-state index contributed by atoms with van der Waals surface area (Å²) >= 11 is 0. The van der Waals surface area contributed by atoms with Gasteiger partial charge in [0, 0.05) is 45.0 Å². The topological polar surface area (TPSA) is 37.3 Å². The molecule has 0 unspecified atom stereocenters. The van der Waals surface area contributed by atoms with E-state index in [-0.39, 0.29) is 0 Å². The van der Waals surface area contributed by atoms with Crippen LogP contribution in [-0.4, -0.2) is 63.7 Å². The zero-order chi connectivity index (χ0) is 19.0. The van der Waals surface area contributed by atoms with E-state index in [4.69, 9.17) is 9.57 Å². The molecule has 1 aromatic carbocycles. The van der Waals surface area contributed by atoms with E-state index in [1.165, 1.54) is 5.69 Å². The van der Waals surface area contributed by atoms with Gasteiger partial charge in [-0.1, -0.05) is 43.8 Å². The van der Waals surface area contributed by atoms with Gasteiger partial charge in [0.1, 0.15) is 7.11 Å². The molecule has 26 heavy (non-hydrogen) atoms. The summed E-state index contributed by atoms with van der Waals surface area (Å²) in [7, 11) is 1.55. The van der Waals surface area contributed by atoms with Crippen molar-refractivity contribution in [3.8, 4) is 0 Å². The van der Waals surface area contributed by atoms with Crippen LogP contribution in [0.3, 0.4) is 0 Å². The van der Waals surface area contributed by atoms with E-state index in [9.17, 15) is 0 Å². The third-order valence-corrected chi connectivity index (χ3v) is 4.21. The zero-order valence-electron chi connectivity index (χ0n) is 16.7. The number of piperazine rings is 1. The van der Waals surface area contributed by atoms with Crippen LogP contribution >= 0.6 is 0 Å². The van der Waals surface area contributed by atoms with E-state index in [0.717, 1.165) is 64.5 Å². The second-order valence-electron chi connectivity index (χ2n) is 5.85. The normalized spacial score (nSPS) is 15.2. The van der Waals surface area contributed by atoms with Gasteiger partial charge in [0.2, 0.25) is 0 Å². The highest BCUT2D eigenvalue weighted by Crippen LogP contribution is 2.15. The summed E-state index contributed by atoms with van der Waals surface area (Å²) in [5, 5.41) is 3.90. The van der Waals surface area contributed by atoms with Gasteiger partial charge in [-0.15, -0.1) is 0 Å². The van der Waals surface area contributed by atoms with Crippen molar-refractivity contribution in [2.45, 2.75) is 26.7 Å². The summed E-state index contributed by atoms with van der Waals surface area (Å²) in [4.78, 5) is 9.68. The lowest BCUT2D eigenvalue weighted by molar-refractivity contribution is 0.100. The SMILES string of the molecule is C=C/C(CCCOCCN1CCN(c2ccccc2)CC1)=N\OC.CC. The van der Waals surface area contributed by atoms with E-state index in [0.29, 0.717) is 0 Å². The van der Waals surface area contributed by atoms with Crippen molar-refractivity contribution >= 4 is 11.4 Å². The van der Waals surface area contributed by atoms with Crippen molar-refractivity contribution in [1.29, 1.82) is 0 Å². The van der Waals surface area contributed by atoms with Crippen molar-refractivity contribution in [2.24, 2.45) is 5.16 Å². The summed E-state index contributed by atoms with van der Waals surface area (Å²) < 4.78 is 5.74. The van der Waals surface area contributed by atoms with Crippen LogP contribution in [0.1, 0.15) is 26.7 Å². The van der Waals surface area contributed by atoms with Gasteiger partial charge in [-0.2, -0.15) is 0 Å². The molecule has 5 heteroatoms. The molecule has 5 nitrogen and oxygen atoms in total. The number of para-hydroxylation sites is 1. The molecular formula is C21H35N3O2. The Morgan fingerprint density at radius 2 is 1.81 bits per heavy atom. The Morgan fingerprint density at radius 3 is 2.42 bits per heavy atom. The van der Waals surface area contributed by atoms with E-state index < -0.39 is 0 Å². The number of allylic oxidation sites excluding steroid dienone is 1. The third-order valence-electron chi connectivity index (χ3n) is 4.21. The number of oxime groups is 1. The van der Waals surface area contributed by atoms with Gasteiger partial charge < -0.3 is 14.5 Å². The first-order valence-corrected chi connectivity index (χ1v) is 9.66. The Kier molecular flexibility index (Phi) is 12.2. The fourth-order valence-corrected chi connectivity index (χ4v) is 2.82. The quantitative estimate of drug-likeness (QED) is 0.361. The highest BCUT2D eigenvalue weighted by molar-refractivity contribution is 5.93. The molecule has 0 N–H and O–H groups in total. The standard InChI is InChI=1S/C19H29N3O2.C2H6/c1-3-18(20-23-2)8-7-16-24-17-15-21-11-13-22(14-12-21)19-9-5-4-6-10-19;1-2/h3-6,9-10H,1,7-8,11-17H2,2H3;1-2H3/b20-18+;. The lowest BCUT2D eigenvalue weighted by Gasteiger charge is -2.36. The zero-order valence-corrected chi connectivity index (χ0v) is 16.7. The van der Waals surface area contributed by atoms with Gasteiger partial charge in [0.25, 0.3) is 0 Å². The van der Waals surface area contributed by atoms with Crippen molar-refractivity contribution in [1.82, 2.24) is 4.90 Å². The molecule has 2 rings (SSSR count). The summed E-state index contributed by atoms with van der Waals surface area (Å²) in [5.41, 5.74) is 2.20. The summed E-state index contributed by atoms with van der Waals surface area (Å²) in [6.07, 6.45) is 3.51. The molecule has 0 aromatic heterocycles. The summed E-state index contributed by atoms with van der Waals surface area (Å²) in [5.74, 6) is 0. The van der Waals surface area contributed by atoms with Crippen LogP contribution in [0, 0.1) is 0 Å². The van der Waals surface area contributed by atoms with Crippen LogP contribution in [0.5, 0.6) is 0 Å². The van der Waals surface area contributed by atoms with Gasteiger partial charge >= 0.3 is 0 Å². The molecular weight excluding hydrogens is 326 g/mol. The number of nitrogens with zero attached hydrogens (tertiary/aromatic N) is 3. The van der Waals surface area contributed by atoms with Crippen LogP contribution in [0.4, 0.5) is 5.69 Å². The van der Waals surface area contributed by atoms with Crippen LogP contribution in [0.25, 0.3) is 0 Å². The number of rotatable bonds is 10. The highest BCUT2D eigenvalue weighted by atomic mass is 16.6. The molecule has 0 atom stereocenters. The minimum atomic E-state index is 0.751. The summed E-state index contributed by atoms with van der Waals surface area (Å²) in [6, 6.07) is 10.6. The number of benzene rings is 1. The molecule has 1 aromatic rings. The molecule has 1 aliphatic heterocycles. The molecule has 0 spiro atoms. The molecule has 0 radical (unpaired) electrons. The minimum absolute atomic E-state index is 0.751. The first-order chi connectivity index (χ1) is 12.8. The lowest BCUT2D eigenvalue weighted by Crippen LogP contribution is -2.47.